The SMILES string of the molecule is CCC(C)c1ccc(-n2nc(Nc3cc(C)[nH]n3)c3ccccc3c2=O)cc1.Cc1cc(Nc2nn(-c3ccc(-c4ccccc4)cc3)c(=O)c3ccccc23)n[nH]1. The van der Waals surface area contributed by atoms with Gasteiger partial charge in [-0.25, -0.2) is 0 Å². The van der Waals surface area contributed by atoms with Crippen LogP contribution in [-0.2, 0) is 0 Å². The highest BCUT2D eigenvalue weighted by atomic mass is 16.1. The number of nitrogens with zero attached hydrogens (tertiary/aromatic N) is 6. The highest BCUT2D eigenvalue weighted by Crippen LogP contribution is 2.26. The van der Waals surface area contributed by atoms with Crippen molar-refractivity contribution >= 4 is 44.8 Å². The Balaban J connectivity index is 0.000000162. The lowest BCUT2D eigenvalue weighted by molar-refractivity contribution is 0.732. The second kappa shape index (κ2) is 16.2. The standard InChI is InChI=1S/C24H19N5O.C22H23N5O/c1-16-15-22(27-26-16)25-23-20-9-5-6-10-21(20)24(30)29(28-23)19-13-11-18(12-14-19)17-7-3-2-4-8-17;1-4-14(2)16-9-11-17(12-10-16)27-22(28)19-8-6-5-7-18(19)21(26-27)23-20-13-15(3)24-25-20/h2-15H,1H3,(H2,25,26,27,28);5-14H,4H2,1-3H3,(H2,23,24,25,26). The van der Waals surface area contributed by atoms with Gasteiger partial charge in [-0.3, -0.25) is 19.8 Å². The topological polar surface area (TPSA) is 151 Å². The average Bonchev–Trinajstić information content (AvgIpc) is 3.89. The minimum Gasteiger partial charge on any atom is -0.321 e. The largest absolute Gasteiger partial charge is 0.321 e. The van der Waals surface area contributed by atoms with Crippen LogP contribution in [0.15, 0.2) is 149 Å². The number of fused-ring (bicyclic) bond motifs is 2. The third kappa shape index (κ3) is 7.76. The highest BCUT2D eigenvalue weighted by molar-refractivity contribution is 5.93. The summed E-state index contributed by atoms with van der Waals surface area (Å²) in [6.07, 6.45) is 1.07. The van der Waals surface area contributed by atoms with Crippen LogP contribution in [0.1, 0.15) is 43.1 Å². The van der Waals surface area contributed by atoms with Crippen LogP contribution in [0.2, 0.25) is 0 Å². The average molecular weight is 767 g/mol. The number of hydrogen-bond acceptors (Lipinski definition) is 8. The van der Waals surface area contributed by atoms with Gasteiger partial charge in [0.1, 0.15) is 0 Å². The summed E-state index contributed by atoms with van der Waals surface area (Å²) in [5.74, 6) is 2.95. The number of rotatable bonds is 9. The predicted molar refractivity (Wildman–Crippen MR) is 232 cm³/mol. The van der Waals surface area contributed by atoms with Gasteiger partial charge in [0.15, 0.2) is 23.3 Å². The molecule has 9 rings (SSSR count). The number of aromatic amines is 2. The molecule has 0 amide bonds. The van der Waals surface area contributed by atoms with Crippen LogP contribution in [-0.4, -0.2) is 40.0 Å². The summed E-state index contributed by atoms with van der Waals surface area (Å²) in [4.78, 5) is 26.2. The van der Waals surface area contributed by atoms with E-state index in [9.17, 15) is 9.59 Å². The number of anilines is 4. The van der Waals surface area contributed by atoms with Gasteiger partial charge >= 0.3 is 0 Å². The van der Waals surface area contributed by atoms with E-state index in [1.165, 1.54) is 14.9 Å². The van der Waals surface area contributed by atoms with Gasteiger partial charge in [-0.1, -0.05) is 105 Å². The number of hydrogen-bond donors (Lipinski definition) is 4. The van der Waals surface area contributed by atoms with Crippen LogP contribution in [0.3, 0.4) is 0 Å². The van der Waals surface area contributed by atoms with Gasteiger partial charge in [-0.15, -0.1) is 10.2 Å². The van der Waals surface area contributed by atoms with Crippen molar-refractivity contribution < 1.29 is 0 Å². The minimum atomic E-state index is -0.165. The molecule has 1 atom stereocenters. The Bertz CT molecular complexity index is 2960. The first-order valence-corrected chi connectivity index (χ1v) is 19.1. The molecule has 58 heavy (non-hydrogen) atoms. The number of nitrogens with one attached hydrogen (secondary N) is 4. The van der Waals surface area contributed by atoms with Crippen LogP contribution in [0.25, 0.3) is 44.0 Å². The molecule has 0 fully saturated rings. The fourth-order valence-electron chi connectivity index (χ4n) is 6.73. The first-order valence-electron chi connectivity index (χ1n) is 19.1. The molecule has 9 aromatic rings. The number of aryl methyl sites for hydroxylation is 2. The zero-order valence-electron chi connectivity index (χ0n) is 32.6. The fraction of sp³-hybridized carbons (Fsp3) is 0.130. The molecule has 0 bridgehead atoms. The normalized spacial score (nSPS) is 11.6. The van der Waals surface area contributed by atoms with E-state index in [0.29, 0.717) is 45.6 Å². The van der Waals surface area contributed by atoms with Crippen LogP contribution in [0, 0.1) is 13.8 Å². The van der Waals surface area contributed by atoms with Crippen molar-refractivity contribution in [3.05, 3.63) is 177 Å². The third-order valence-electron chi connectivity index (χ3n) is 10.1. The molecule has 0 saturated heterocycles. The first kappa shape index (κ1) is 37.3. The van der Waals surface area contributed by atoms with Crippen LogP contribution in [0.4, 0.5) is 23.3 Å². The monoisotopic (exact) mass is 766 g/mol. The van der Waals surface area contributed by atoms with Gasteiger partial charge in [-0.2, -0.15) is 19.6 Å². The van der Waals surface area contributed by atoms with Gasteiger partial charge in [0.25, 0.3) is 11.1 Å². The van der Waals surface area contributed by atoms with Gasteiger partial charge in [0.05, 0.1) is 22.1 Å². The lowest BCUT2D eigenvalue weighted by atomic mass is 9.99. The molecule has 4 N–H and O–H groups in total. The molecule has 0 saturated carbocycles. The Hall–Kier alpha value is -7.60. The van der Waals surface area contributed by atoms with Crippen molar-refractivity contribution in [2.75, 3.05) is 10.6 Å². The summed E-state index contributed by atoms with van der Waals surface area (Å²) < 4.78 is 2.88. The molecule has 0 aliphatic carbocycles. The Morgan fingerprint density at radius 1 is 0.552 bits per heavy atom. The maximum Gasteiger partial charge on any atom is 0.279 e. The van der Waals surface area contributed by atoms with Crippen molar-refractivity contribution in [1.82, 2.24) is 40.0 Å². The van der Waals surface area contributed by atoms with Crippen molar-refractivity contribution in [3.63, 3.8) is 0 Å². The van der Waals surface area contributed by atoms with E-state index in [0.717, 1.165) is 45.4 Å². The zero-order valence-corrected chi connectivity index (χ0v) is 32.6. The molecule has 1 unspecified atom stereocenters. The minimum absolute atomic E-state index is 0.143. The van der Waals surface area contributed by atoms with Crippen LogP contribution >= 0.6 is 0 Å². The third-order valence-corrected chi connectivity index (χ3v) is 10.1. The van der Waals surface area contributed by atoms with E-state index in [-0.39, 0.29) is 11.1 Å². The molecule has 288 valence electrons. The molecule has 12 nitrogen and oxygen atoms in total. The lowest BCUT2D eigenvalue weighted by Gasteiger charge is -2.13. The molecule has 0 aliphatic heterocycles. The smallest absolute Gasteiger partial charge is 0.279 e. The molecule has 0 radical (unpaired) electrons. The second-order valence-electron chi connectivity index (χ2n) is 14.2. The van der Waals surface area contributed by atoms with Crippen molar-refractivity contribution in [2.45, 2.75) is 40.0 Å². The lowest BCUT2D eigenvalue weighted by Crippen LogP contribution is -2.22. The number of benzene rings is 5. The van der Waals surface area contributed by atoms with Gasteiger partial charge in [0, 0.05) is 34.3 Å². The molecule has 5 aromatic carbocycles. The number of H-pyrrole nitrogens is 2. The van der Waals surface area contributed by atoms with E-state index in [1.807, 2.05) is 129 Å². The molecule has 4 aromatic heterocycles. The van der Waals surface area contributed by atoms with Gasteiger partial charge in [-0.05, 0) is 79.3 Å². The molecule has 0 aliphatic rings. The number of aromatic nitrogens is 8. The summed E-state index contributed by atoms with van der Waals surface area (Å²) in [7, 11) is 0. The molecule has 4 heterocycles. The summed E-state index contributed by atoms with van der Waals surface area (Å²) in [5.41, 5.74) is 6.48. The zero-order chi connectivity index (χ0) is 40.2. The molecular weight excluding hydrogens is 725 g/mol. The first-order chi connectivity index (χ1) is 28.2. The van der Waals surface area contributed by atoms with E-state index < -0.39 is 0 Å². The van der Waals surface area contributed by atoms with Gasteiger partial charge < -0.3 is 10.6 Å². The van der Waals surface area contributed by atoms with E-state index in [2.05, 4.69) is 79.3 Å². The quantitative estimate of drug-likeness (QED) is 0.113. The van der Waals surface area contributed by atoms with Gasteiger partial charge in [0.2, 0.25) is 0 Å². The summed E-state index contributed by atoms with van der Waals surface area (Å²) >= 11 is 0. The summed E-state index contributed by atoms with van der Waals surface area (Å²) in [5, 5.41) is 32.7. The highest BCUT2D eigenvalue weighted by Gasteiger charge is 2.15. The van der Waals surface area contributed by atoms with Crippen molar-refractivity contribution in [1.29, 1.82) is 0 Å². The van der Waals surface area contributed by atoms with Crippen LogP contribution < -0.4 is 21.8 Å². The fourth-order valence-corrected chi connectivity index (χ4v) is 6.73. The maximum atomic E-state index is 13.1. The van der Waals surface area contributed by atoms with E-state index in [1.54, 1.807) is 0 Å². The molecule has 12 heteroatoms. The Morgan fingerprint density at radius 2 is 0.966 bits per heavy atom. The van der Waals surface area contributed by atoms with E-state index in [4.69, 9.17) is 0 Å². The summed E-state index contributed by atoms with van der Waals surface area (Å²) in [6, 6.07) is 44.7. The second-order valence-corrected chi connectivity index (χ2v) is 14.2. The predicted octanol–water partition coefficient (Wildman–Crippen LogP) is 9.50. The molecular formula is C46H42N10O2. The summed E-state index contributed by atoms with van der Waals surface area (Å²) in [6.45, 7) is 8.23. The Morgan fingerprint density at radius 3 is 1.40 bits per heavy atom. The van der Waals surface area contributed by atoms with E-state index >= 15 is 0 Å². The van der Waals surface area contributed by atoms with Crippen molar-refractivity contribution in [2.24, 2.45) is 0 Å². The Labute approximate surface area is 334 Å². The maximum absolute atomic E-state index is 13.1. The molecule has 0 spiro atoms. The Kier molecular flexibility index (Phi) is 10.5. The van der Waals surface area contributed by atoms with Crippen molar-refractivity contribution in [3.8, 4) is 22.5 Å². The van der Waals surface area contributed by atoms with Crippen LogP contribution in [0.5, 0.6) is 0 Å².